The van der Waals surface area contributed by atoms with Gasteiger partial charge >= 0.3 is 6.18 Å². The van der Waals surface area contributed by atoms with Crippen LogP contribution < -0.4 is 5.73 Å². The number of alkyl halides is 3. The second kappa shape index (κ2) is 7.11. The van der Waals surface area contributed by atoms with Crippen LogP contribution in [0.2, 0.25) is 0 Å². The zero-order chi connectivity index (χ0) is 14.5. The Balaban J connectivity index is 2.73. The maximum atomic E-state index is 12.7. The van der Waals surface area contributed by atoms with E-state index in [0.29, 0.717) is 13.1 Å². The molecular weight excluding hydrogens is 255 g/mol. The molecule has 110 valence electrons. The normalized spacial score (nSPS) is 26.2. The Kier molecular flexibility index (Phi) is 6.08. The SMILES string of the molecule is CCN(CC(C#N)C(F)(F)F)C1CCCCC1CN. The molecule has 0 aromatic heterocycles. The molecular formula is C13H22F3N3. The van der Waals surface area contributed by atoms with Crippen molar-refractivity contribution < 1.29 is 13.2 Å². The molecule has 0 radical (unpaired) electrons. The van der Waals surface area contributed by atoms with Gasteiger partial charge in [-0.3, -0.25) is 4.90 Å². The molecule has 1 aliphatic carbocycles. The Morgan fingerprint density at radius 1 is 1.37 bits per heavy atom. The lowest BCUT2D eigenvalue weighted by molar-refractivity contribution is -0.165. The van der Waals surface area contributed by atoms with Gasteiger partial charge in [-0.15, -0.1) is 0 Å². The van der Waals surface area contributed by atoms with E-state index in [1.165, 1.54) is 6.07 Å². The maximum absolute atomic E-state index is 12.7. The summed E-state index contributed by atoms with van der Waals surface area (Å²) in [6, 6.07) is 1.47. The van der Waals surface area contributed by atoms with E-state index in [4.69, 9.17) is 11.0 Å². The Morgan fingerprint density at radius 2 is 2.00 bits per heavy atom. The molecule has 3 unspecified atom stereocenters. The van der Waals surface area contributed by atoms with Crippen molar-refractivity contribution in [1.29, 1.82) is 5.26 Å². The molecule has 1 fully saturated rings. The predicted octanol–water partition coefficient (Wildman–Crippen LogP) is 2.53. The zero-order valence-electron chi connectivity index (χ0n) is 11.3. The highest BCUT2D eigenvalue weighted by atomic mass is 19.4. The fourth-order valence-electron chi connectivity index (χ4n) is 2.89. The highest BCUT2D eigenvalue weighted by Gasteiger charge is 2.42. The van der Waals surface area contributed by atoms with Crippen LogP contribution in [0.5, 0.6) is 0 Å². The quantitative estimate of drug-likeness (QED) is 0.840. The fourth-order valence-corrected chi connectivity index (χ4v) is 2.89. The van der Waals surface area contributed by atoms with Crippen molar-refractivity contribution >= 4 is 0 Å². The first kappa shape index (κ1) is 16.3. The number of halogens is 3. The van der Waals surface area contributed by atoms with E-state index < -0.39 is 12.1 Å². The summed E-state index contributed by atoms with van der Waals surface area (Å²) in [4.78, 5) is 1.79. The molecule has 6 heteroatoms. The first-order valence-corrected chi connectivity index (χ1v) is 6.84. The molecule has 0 amide bonds. The van der Waals surface area contributed by atoms with Crippen LogP contribution in [0.3, 0.4) is 0 Å². The monoisotopic (exact) mass is 277 g/mol. The minimum atomic E-state index is -4.45. The van der Waals surface area contributed by atoms with Gasteiger partial charge < -0.3 is 5.73 Å². The van der Waals surface area contributed by atoms with E-state index >= 15 is 0 Å². The van der Waals surface area contributed by atoms with E-state index in [-0.39, 0.29) is 18.5 Å². The number of hydrogen-bond acceptors (Lipinski definition) is 3. The van der Waals surface area contributed by atoms with E-state index in [9.17, 15) is 13.2 Å². The van der Waals surface area contributed by atoms with Gasteiger partial charge in [-0.25, -0.2) is 0 Å². The summed E-state index contributed by atoms with van der Waals surface area (Å²) in [5.41, 5.74) is 5.72. The van der Waals surface area contributed by atoms with Crippen molar-refractivity contribution in [2.24, 2.45) is 17.6 Å². The highest BCUT2D eigenvalue weighted by molar-refractivity contribution is 4.93. The molecule has 1 aliphatic rings. The number of hydrogen-bond donors (Lipinski definition) is 1. The summed E-state index contributed by atoms with van der Waals surface area (Å²) in [6.07, 6.45) is -0.473. The molecule has 0 saturated heterocycles. The Hall–Kier alpha value is -0.800. The third kappa shape index (κ3) is 4.36. The molecule has 0 aromatic carbocycles. The average molecular weight is 277 g/mol. The maximum Gasteiger partial charge on any atom is 0.405 e. The summed E-state index contributed by atoms with van der Waals surface area (Å²) in [5.74, 6) is -1.66. The second-order valence-corrected chi connectivity index (χ2v) is 5.16. The van der Waals surface area contributed by atoms with Crippen molar-refractivity contribution in [1.82, 2.24) is 4.90 Å². The van der Waals surface area contributed by atoms with E-state index in [1.807, 2.05) is 6.92 Å². The number of nitriles is 1. The summed E-state index contributed by atoms with van der Waals surface area (Å²) in [6.45, 7) is 2.63. The standard InChI is InChI=1S/C13H22F3N3/c1-2-19(9-11(8-18)13(14,15)16)12-6-4-3-5-10(12)7-17/h10-12H,2-7,9,17H2,1H3. The Bertz CT molecular complexity index is 311. The van der Waals surface area contributed by atoms with Crippen LogP contribution >= 0.6 is 0 Å². The van der Waals surface area contributed by atoms with Gasteiger partial charge in [-0.2, -0.15) is 18.4 Å². The summed E-state index contributed by atoms with van der Waals surface area (Å²) in [5, 5.41) is 8.71. The topological polar surface area (TPSA) is 53.0 Å². The largest absolute Gasteiger partial charge is 0.405 e. The van der Waals surface area contributed by atoms with Gasteiger partial charge in [0.2, 0.25) is 0 Å². The van der Waals surface area contributed by atoms with Crippen LogP contribution in [0, 0.1) is 23.2 Å². The van der Waals surface area contributed by atoms with E-state index in [0.717, 1.165) is 25.7 Å². The molecule has 1 rings (SSSR count). The van der Waals surface area contributed by atoms with Crippen LogP contribution in [0.15, 0.2) is 0 Å². The lowest BCUT2D eigenvalue weighted by Crippen LogP contribution is -2.48. The van der Waals surface area contributed by atoms with Crippen molar-refractivity contribution in [2.45, 2.75) is 44.8 Å². The van der Waals surface area contributed by atoms with Gasteiger partial charge in [0.15, 0.2) is 5.92 Å². The van der Waals surface area contributed by atoms with Gasteiger partial charge in [0, 0.05) is 12.6 Å². The third-order valence-corrected chi connectivity index (χ3v) is 4.01. The predicted molar refractivity (Wildman–Crippen MR) is 67.2 cm³/mol. The lowest BCUT2D eigenvalue weighted by Gasteiger charge is -2.40. The zero-order valence-corrected chi connectivity index (χ0v) is 11.3. The third-order valence-electron chi connectivity index (χ3n) is 4.01. The molecule has 3 atom stereocenters. The molecule has 0 heterocycles. The number of rotatable bonds is 5. The lowest BCUT2D eigenvalue weighted by atomic mass is 9.83. The van der Waals surface area contributed by atoms with Crippen LogP contribution in [0.25, 0.3) is 0 Å². The first-order valence-electron chi connectivity index (χ1n) is 6.84. The molecule has 0 aliphatic heterocycles. The molecule has 2 N–H and O–H groups in total. The van der Waals surface area contributed by atoms with Crippen LogP contribution in [-0.2, 0) is 0 Å². The van der Waals surface area contributed by atoms with Crippen molar-refractivity contribution in [3.63, 3.8) is 0 Å². The second-order valence-electron chi connectivity index (χ2n) is 5.16. The first-order chi connectivity index (χ1) is 8.93. The summed E-state index contributed by atoms with van der Waals surface area (Å²) in [7, 11) is 0. The van der Waals surface area contributed by atoms with Gasteiger partial charge in [-0.1, -0.05) is 19.8 Å². The molecule has 0 spiro atoms. The van der Waals surface area contributed by atoms with Gasteiger partial charge in [0.1, 0.15) is 0 Å². The molecule has 1 saturated carbocycles. The van der Waals surface area contributed by atoms with Gasteiger partial charge in [0.25, 0.3) is 0 Å². The number of nitrogens with zero attached hydrogens (tertiary/aromatic N) is 2. The van der Waals surface area contributed by atoms with Crippen LogP contribution in [-0.4, -0.2) is 36.8 Å². The van der Waals surface area contributed by atoms with Crippen molar-refractivity contribution in [3.05, 3.63) is 0 Å². The average Bonchev–Trinajstić information content (AvgIpc) is 2.38. The fraction of sp³-hybridized carbons (Fsp3) is 0.923. The Labute approximate surface area is 112 Å². The minimum absolute atomic E-state index is 0.0851. The Morgan fingerprint density at radius 3 is 2.47 bits per heavy atom. The highest BCUT2D eigenvalue weighted by Crippen LogP contribution is 2.31. The summed E-state index contributed by atoms with van der Waals surface area (Å²) >= 11 is 0. The molecule has 0 aromatic rings. The molecule has 3 nitrogen and oxygen atoms in total. The van der Waals surface area contributed by atoms with Gasteiger partial charge in [-0.05, 0) is 31.8 Å². The molecule has 19 heavy (non-hydrogen) atoms. The van der Waals surface area contributed by atoms with Crippen LogP contribution in [0.1, 0.15) is 32.6 Å². The van der Waals surface area contributed by atoms with Crippen molar-refractivity contribution in [2.75, 3.05) is 19.6 Å². The summed E-state index contributed by atoms with van der Waals surface area (Å²) < 4.78 is 38.1. The minimum Gasteiger partial charge on any atom is -0.330 e. The van der Waals surface area contributed by atoms with Crippen LogP contribution in [0.4, 0.5) is 13.2 Å². The van der Waals surface area contributed by atoms with Gasteiger partial charge in [0.05, 0.1) is 6.07 Å². The van der Waals surface area contributed by atoms with E-state index in [1.54, 1.807) is 4.90 Å². The van der Waals surface area contributed by atoms with E-state index in [2.05, 4.69) is 0 Å². The smallest absolute Gasteiger partial charge is 0.330 e. The molecule has 0 bridgehead atoms. The van der Waals surface area contributed by atoms with Crippen molar-refractivity contribution in [3.8, 4) is 6.07 Å². The number of nitrogens with two attached hydrogens (primary N) is 1.